The molecule has 3 N–H and O–H groups in total. The second kappa shape index (κ2) is 7.30. The van der Waals surface area contributed by atoms with Crippen LogP contribution >= 0.6 is 0 Å². The number of carbonyl (C=O) groups is 1. The van der Waals surface area contributed by atoms with Crippen molar-refractivity contribution in [2.45, 2.75) is 18.9 Å². The number of hydrogen-bond donors (Lipinski definition) is 2. The third-order valence-electron chi connectivity index (χ3n) is 4.12. The van der Waals surface area contributed by atoms with E-state index in [0.717, 1.165) is 29.7 Å². The molecule has 0 spiro atoms. The molecule has 0 bridgehead atoms. The van der Waals surface area contributed by atoms with Gasteiger partial charge >= 0.3 is 0 Å². The topological polar surface area (TPSA) is 90.1 Å². The smallest absolute Gasteiger partial charge is 0.241 e. The first-order valence-electron chi connectivity index (χ1n) is 7.73. The van der Waals surface area contributed by atoms with Gasteiger partial charge in [-0.2, -0.15) is 0 Å². The molecule has 120 valence electrons. The predicted octanol–water partition coefficient (Wildman–Crippen LogP) is 1.84. The number of rotatable bonds is 4. The monoisotopic (exact) mass is 312 g/mol. The molecule has 1 atom stereocenters. The molecule has 1 aliphatic rings. The maximum Gasteiger partial charge on any atom is 0.241 e. The first kappa shape index (κ1) is 15.6. The lowest BCUT2D eigenvalue weighted by molar-refractivity contribution is -0.119. The fourth-order valence-electron chi connectivity index (χ4n) is 2.71. The largest absolute Gasteiger partial charge is 0.381 e. The van der Waals surface area contributed by atoms with Crippen molar-refractivity contribution >= 4 is 11.6 Å². The van der Waals surface area contributed by atoms with E-state index in [9.17, 15) is 4.79 Å². The molecule has 0 aliphatic carbocycles. The van der Waals surface area contributed by atoms with E-state index in [1.165, 1.54) is 6.33 Å². The first-order chi connectivity index (χ1) is 11.2. The molecule has 0 radical (unpaired) electrons. The highest BCUT2D eigenvalue weighted by atomic mass is 16.5. The van der Waals surface area contributed by atoms with Gasteiger partial charge in [-0.1, -0.05) is 12.1 Å². The zero-order valence-corrected chi connectivity index (χ0v) is 12.8. The minimum Gasteiger partial charge on any atom is -0.381 e. The van der Waals surface area contributed by atoms with Crippen LogP contribution in [0.25, 0.3) is 11.1 Å². The van der Waals surface area contributed by atoms with Crippen molar-refractivity contribution in [3.05, 3.63) is 43.0 Å². The lowest BCUT2D eigenvalue weighted by Crippen LogP contribution is -2.43. The highest BCUT2D eigenvalue weighted by Crippen LogP contribution is 2.21. The van der Waals surface area contributed by atoms with E-state index in [-0.39, 0.29) is 11.8 Å². The molecule has 23 heavy (non-hydrogen) atoms. The van der Waals surface area contributed by atoms with Gasteiger partial charge in [0.05, 0.1) is 6.04 Å². The minimum absolute atomic E-state index is 0.146. The van der Waals surface area contributed by atoms with E-state index in [1.54, 1.807) is 12.4 Å². The molecule has 2 aromatic rings. The molecule has 6 heteroatoms. The molecule has 6 nitrogen and oxygen atoms in total. The summed E-state index contributed by atoms with van der Waals surface area (Å²) in [4.78, 5) is 20.3. The highest BCUT2D eigenvalue weighted by Gasteiger charge is 2.26. The normalized spacial score (nSPS) is 16.7. The number of nitrogens with two attached hydrogens (primary N) is 1. The van der Waals surface area contributed by atoms with Crippen molar-refractivity contribution in [2.24, 2.45) is 11.7 Å². The Labute approximate surface area is 135 Å². The Balaban J connectivity index is 1.62. The Hall–Kier alpha value is -2.31. The third kappa shape index (κ3) is 3.91. The summed E-state index contributed by atoms with van der Waals surface area (Å²) in [5.41, 5.74) is 8.74. The van der Waals surface area contributed by atoms with Crippen molar-refractivity contribution in [3.63, 3.8) is 0 Å². The van der Waals surface area contributed by atoms with Gasteiger partial charge in [-0.3, -0.25) is 4.79 Å². The van der Waals surface area contributed by atoms with Crippen LogP contribution < -0.4 is 11.1 Å². The molecular formula is C17H20N4O2. The van der Waals surface area contributed by atoms with Gasteiger partial charge in [-0.25, -0.2) is 9.97 Å². The van der Waals surface area contributed by atoms with Gasteiger partial charge in [0.1, 0.15) is 6.33 Å². The van der Waals surface area contributed by atoms with Crippen LogP contribution in [-0.2, 0) is 9.53 Å². The van der Waals surface area contributed by atoms with Gasteiger partial charge in [0.25, 0.3) is 0 Å². The van der Waals surface area contributed by atoms with Gasteiger partial charge in [0.15, 0.2) is 0 Å². The number of amides is 1. The fraction of sp³-hybridized carbons (Fsp3) is 0.353. The number of anilines is 1. The van der Waals surface area contributed by atoms with Crippen LogP contribution in [0, 0.1) is 5.92 Å². The standard InChI is InChI=1S/C17H20N4O2/c18-16(13-5-7-23-8-6-13)17(22)21-15-3-1-12(2-4-15)14-9-19-11-20-10-14/h1-4,9-11,13,16H,5-8,18H2,(H,21,22). The predicted molar refractivity (Wildman–Crippen MR) is 87.6 cm³/mol. The molecule has 1 amide bonds. The van der Waals surface area contributed by atoms with Gasteiger partial charge in [-0.05, 0) is 36.5 Å². The molecule has 1 aromatic heterocycles. The Kier molecular flexibility index (Phi) is 4.95. The van der Waals surface area contributed by atoms with E-state index in [0.29, 0.717) is 13.2 Å². The maximum absolute atomic E-state index is 12.3. The number of carbonyl (C=O) groups excluding carboxylic acids is 1. The molecule has 1 fully saturated rings. The van der Waals surface area contributed by atoms with E-state index >= 15 is 0 Å². The first-order valence-corrected chi connectivity index (χ1v) is 7.73. The summed E-state index contributed by atoms with van der Waals surface area (Å²) >= 11 is 0. The zero-order valence-electron chi connectivity index (χ0n) is 12.8. The molecule has 3 rings (SSSR count). The summed E-state index contributed by atoms with van der Waals surface area (Å²) in [5, 5.41) is 2.88. The molecule has 0 saturated carbocycles. The number of ether oxygens (including phenoxy) is 1. The van der Waals surface area contributed by atoms with Gasteiger partial charge in [0.2, 0.25) is 5.91 Å². The lowest BCUT2D eigenvalue weighted by Gasteiger charge is -2.26. The summed E-state index contributed by atoms with van der Waals surface area (Å²) in [5.74, 6) is 0.0391. The average molecular weight is 312 g/mol. The van der Waals surface area contributed by atoms with E-state index in [1.807, 2.05) is 24.3 Å². The summed E-state index contributed by atoms with van der Waals surface area (Å²) < 4.78 is 5.31. The SMILES string of the molecule is NC(C(=O)Nc1ccc(-c2cncnc2)cc1)C1CCOCC1. The number of nitrogens with one attached hydrogen (secondary N) is 1. The quantitative estimate of drug-likeness (QED) is 0.899. The maximum atomic E-state index is 12.3. The van der Waals surface area contributed by atoms with Crippen LogP contribution in [0.3, 0.4) is 0 Å². The second-order valence-electron chi connectivity index (χ2n) is 5.67. The van der Waals surface area contributed by atoms with Crippen LogP contribution in [0.1, 0.15) is 12.8 Å². The van der Waals surface area contributed by atoms with Crippen molar-refractivity contribution in [2.75, 3.05) is 18.5 Å². The lowest BCUT2D eigenvalue weighted by atomic mass is 9.92. The Morgan fingerprint density at radius 1 is 1.13 bits per heavy atom. The number of hydrogen-bond acceptors (Lipinski definition) is 5. The summed E-state index contributed by atoms with van der Waals surface area (Å²) in [6.07, 6.45) is 6.67. The Morgan fingerprint density at radius 2 is 1.78 bits per heavy atom. The summed E-state index contributed by atoms with van der Waals surface area (Å²) in [7, 11) is 0. The van der Waals surface area contributed by atoms with Crippen molar-refractivity contribution in [1.82, 2.24) is 9.97 Å². The molecule has 1 unspecified atom stereocenters. The van der Waals surface area contributed by atoms with E-state index in [4.69, 9.17) is 10.5 Å². The van der Waals surface area contributed by atoms with E-state index < -0.39 is 6.04 Å². The number of aromatic nitrogens is 2. The average Bonchev–Trinajstić information content (AvgIpc) is 2.63. The number of benzene rings is 1. The highest BCUT2D eigenvalue weighted by molar-refractivity contribution is 5.95. The molecular weight excluding hydrogens is 292 g/mol. The molecule has 1 saturated heterocycles. The Morgan fingerprint density at radius 3 is 2.43 bits per heavy atom. The fourth-order valence-corrected chi connectivity index (χ4v) is 2.71. The van der Waals surface area contributed by atoms with Crippen LogP contribution in [0.5, 0.6) is 0 Å². The summed E-state index contributed by atoms with van der Waals surface area (Å²) in [6.45, 7) is 1.36. The third-order valence-corrected chi connectivity index (χ3v) is 4.12. The molecule has 1 aromatic carbocycles. The molecule has 1 aliphatic heterocycles. The van der Waals surface area contributed by atoms with Crippen molar-refractivity contribution < 1.29 is 9.53 Å². The zero-order chi connectivity index (χ0) is 16.1. The second-order valence-corrected chi connectivity index (χ2v) is 5.67. The van der Waals surface area contributed by atoms with Crippen LogP contribution in [0.15, 0.2) is 43.0 Å². The van der Waals surface area contributed by atoms with Crippen molar-refractivity contribution in [3.8, 4) is 11.1 Å². The van der Waals surface area contributed by atoms with Crippen molar-refractivity contribution in [1.29, 1.82) is 0 Å². The van der Waals surface area contributed by atoms with E-state index in [2.05, 4.69) is 15.3 Å². The van der Waals surface area contributed by atoms with Gasteiger partial charge < -0.3 is 15.8 Å². The number of nitrogens with zero attached hydrogens (tertiary/aromatic N) is 2. The Bertz CT molecular complexity index is 639. The van der Waals surface area contributed by atoms with Crippen LogP contribution in [-0.4, -0.2) is 35.1 Å². The van der Waals surface area contributed by atoms with Crippen LogP contribution in [0.2, 0.25) is 0 Å². The van der Waals surface area contributed by atoms with Gasteiger partial charge in [-0.15, -0.1) is 0 Å². The molecule has 2 heterocycles. The van der Waals surface area contributed by atoms with Crippen LogP contribution in [0.4, 0.5) is 5.69 Å². The minimum atomic E-state index is -0.499. The van der Waals surface area contributed by atoms with Gasteiger partial charge in [0, 0.05) is 36.9 Å². The summed E-state index contributed by atoms with van der Waals surface area (Å²) in [6, 6.07) is 7.07.